The molecule has 0 bridgehead atoms. The minimum Gasteiger partial charge on any atom is -0.491 e. The maximum Gasteiger partial charge on any atom is 0.392 e. The highest BCUT2D eigenvalue weighted by atomic mass is 19.4. The Morgan fingerprint density at radius 1 is 1.20 bits per heavy atom. The molecule has 1 aromatic rings. The number of halogens is 3. The first-order valence-electron chi connectivity index (χ1n) is 6.75. The van der Waals surface area contributed by atoms with Crippen molar-refractivity contribution >= 4 is 5.69 Å². The number of alkyl halides is 3. The van der Waals surface area contributed by atoms with Gasteiger partial charge in [-0.15, -0.1) is 0 Å². The zero-order valence-corrected chi connectivity index (χ0v) is 11.2. The standard InChI is InChI=1S/C14H19F3N2O/c15-14(16,17)7-10-20-13-4-2-1-3-12(13)19-8-5-11(18)6-9-19/h1-4,11H,5-10,18H2. The molecule has 0 radical (unpaired) electrons. The van der Waals surface area contributed by atoms with E-state index in [2.05, 4.69) is 4.90 Å². The van der Waals surface area contributed by atoms with Crippen LogP contribution in [0.4, 0.5) is 18.9 Å². The van der Waals surface area contributed by atoms with Gasteiger partial charge in [0.1, 0.15) is 5.75 Å². The highest BCUT2D eigenvalue weighted by Crippen LogP contribution is 2.31. The maximum atomic E-state index is 12.2. The topological polar surface area (TPSA) is 38.5 Å². The number of hydrogen-bond acceptors (Lipinski definition) is 3. The van der Waals surface area contributed by atoms with Crippen molar-refractivity contribution < 1.29 is 17.9 Å². The monoisotopic (exact) mass is 288 g/mol. The second-order valence-corrected chi connectivity index (χ2v) is 5.01. The van der Waals surface area contributed by atoms with Crippen molar-refractivity contribution in [3.05, 3.63) is 24.3 Å². The predicted molar refractivity (Wildman–Crippen MR) is 72.0 cm³/mol. The molecule has 1 aliphatic rings. The molecule has 1 aromatic carbocycles. The summed E-state index contributed by atoms with van der Waals surface area (Å²) in [6, 6.07) is 7.42. The summed E-state index contributed by atoms with van der Waals surface area (Å²) in [5, 5.41) is 0. The van der Waals surface area contributed by atoms with Crippen molar-refractivity contribution in [1.29, 1.82) is 0 Å². The summed E-state index contributed by atoms with van der Waals surface area (Å²) in [6.45, 7) is 1.26. The van der Waals surface area contributed by atoms with E-state index in [1.165, 1.54) is 0 Å². The molecule has 0 saturated carbocycles. The van der Waals surface area contributed by atoms with Crippen LogP contribution in [-0.4, -0.2) is 31.9 Å². The molecule has 2 rings (SSSR count). The highest BCUT2D eigenvalue weighted by Gasteiger charge is 2.27. The minimum absolute atomic E-state index is 0.213. The number of piperidine rings is 1. The van der Waals surface area contributed by atoms with Gasteiger partial charge in [-0.25, -0.2) is 0 Å². The number of rotatable bonds is 4. The molecule has 0 amide bonds. The zero-order chi connectivity index (χ0) is 14.6. The van der Waals surface area contributed by atoms with E-state index in [9.17, 15) is 13.2 Å². The predicted octanol–water partition coefficient (Wildman–Crippen LogP) is 2.95. The highest BCUT2D eigenvalue weighted by molar-refractivity contribution is 5.58. The van der Waals surface area contributed by atoms with E-state index in [4.69, 9.17) is 10.5 Å². The summed E-state index contributed by atoms with van der Waals surface area (Å²) in [5.74, 6) is 0.507. The summed E-state index contributed by atoms with van der Waals surface area (Å²) in [4.78, 5) is 2.12. The summed E-state index contributed by atoms with van der Waals surface area (Å²) in [5.41, 5.74) is 6.71. The first kappa shape index (κ1) is 15.0. The van der Waals surface area contributed by atoms with Gasteiger partial charge in [-0.1, -0.05) is 12.1 Å². The first-order valence-corrected chi connectivity index (χ1v) is 6.75. The fourth-order valence-corrected chi connectivity index (χ4v) is 2.26. The average Bonchev–Trinajstić information content (AvgIpc) is 2.39. The molecule has 0 unspecified atom stereocenters. The van der Waals surface area contributed by atoms with E-state index < -0.39 is 12.6 Å². The summed E-state index contributed by atoms with van der Waals surface area (Å²) >= 11 is 0. The van der Waals surface area contributed by atoms with E-state index in [-0.39, 0.29) is 12.6 Å². The summed E-state index contributed by atoms with van der Waals surface area (Å²) in [7, 11) is 0. The van der Waals surface area contributed by atoms with Gasteiger partial charge in [0.05, 0.1) is 18.7 Å². The Balaban J connectivity index is 1.99. The lowest BCUT2D eigenvalue weighted by atomic mass is 10.1. The van der Waals surface area contributed by atoms with Crippen LogP contribution in [0.15, 0.2) is 24.3 Å². The van der Waals surface area contributed by atoms with E-state index >= 15 is 0 Å². The van der Waals surface area contributed by atoms with Gasteiger partial charge in [-0.3, -0.25) is 0 Å². The van der Waals surface area contributed by atoms with Crippen LogP contribution in [0.3, 0.4) is 0 Å². The van der Waals surface area contributed by atoms with Crippen LogP contribution in [0.5, 0.6) is 5.75 Å². The molecule has 6 heteroatoms. The van der Waals surface area contributed by atoms with Gasteiger partial charge in [-0.05, 0) is 25.0 Å². The Kier molecular flexibility index (Phi) is 4.75. The quantitative estimate of drug-likeness (QED) is 0.925. The van der Waals surface area contributed by atoms with Crippen molar-refractivity contribution in [2.75, 3.05) is 24.6 Å². The Morgan fingerprint density at radius 3 is 2.50 bits per heavy atom. The van der Waals surface area contributed by atoms with E-state index in [0.717, 1.165) is 31.6 Å². The largest absolute Gasteiger partial charge is 0.491 e. The van der Waals surface area contributed by atoms with E-state index in [0.29, 0.717) is 5.75 Å². The zero-order valence-electron chi connectivity index (χ0n) is 11.2. The van der Waals surface area contributed by atoms with Crippen molar-refractivity contribution in [2.45, 2.75) is 31.5 Å². The molecule has 0 aromatic heterocycles. The first-order chi connectivity index (χ1) is 9.46. The van der Waals surface area contributed by atoms with Gasteiger partial charge < -0.3 is 15.4 Å². The van der Waals surface area contributed by atoms with Crippen LogP contribution in [-0.2, 0) is 0 Å². The number of ether oxygens (including phenoxy) is 1. The lowest BCUT2D eigenvalue weighted by Gasteiger charge is -2.33. The normalized spacial score (nSPS) is 17.3. The fraction of sp³-hybridized carbons (Fsp3) is 0.571. The van der Waals surface area contributed by atoms with Gasteiger partial charge in [0.15, 0.2) is 0 Å². The Hall–Kier alpha value is -1.43. The molecular weight excluding hydrogens is 269 g/mol. The Labute approximate surface area is 116 Å². The molecule has 20 heavy (non-hydrogen) atoms. The third-order valence-electron chi connectivity index (χ3n) is 3.39. The molecule has 1 heterocycles. The Bertz CT molecular complexity index is 429. The average molecular weight is 288 g/mol. The molecule has 0 atom stereocenters. The van der Waals surface area contributed by atoms with Gasteiger partial charge in [0, 0.05) is 19.1 Å². The fourth-order valence-electron chi connectivity index (χ4n) is 2.26. The van der Waals surface area contributed by atoms with Crippen molar-refractivity contribution in [3.8, 4) is 5.75 Å². The second-order valence-electron chi connectivity index (χ2n) is 5.01. The van der Waals surface area contributed by atoms with E-state index in [1.807, 2.05) is 12.1 Å². The molecule has 112 valence electrons. The van der Waals surface area contributed by atoms with Crippen molar-refractivity contribution in [3.63, 3.8) is 0 Å². The Morgan fingerprint density at radius 2 is 1.85 bits per heavy atom. The number of benzene rings is 1. The molecule has 0 aliphatic carbocycles. The lowest BCUT2D eigenvalue weighted by molar-refractivity contribution is -0.139. The molecular formula is C14H19F3N2O. The molecule has 1 aliphatic heterocycles. The smallest absolute Gasteiger partial charge is 0.392 e. The lowest BCUT2D eigenvalue weighted by Crippen LogP contribution is -2.39. The van der Waals surface area contributed by atoms with Crippen molar-refractivity contribution in [2.24, 2.45) is 5.73 Å². The number of para-hydroxylation sites is 2. The van der Waals surface area contributed by atoms with Crippen LogP contribution >= 0.6 is 0 Å². The van der Waals surface area contributed by atoms with Gasteiger partial charge >= 0.3 is 6.18 Å². The third-order valence-corrected chi connectivity index (χ3v) is 3.39. The maximum absolute atomic E-state index is 12.2. The summed E-state index contributed by atoms with van der Waals surface area (Å²) in [6.07, 6.45) is -3.35. The summed E-state index contributed by atoms with van der Waals surface area (Å²) < 4.78 is 41.8. The third kappa shape index (κ3) is 4.30. The molecule has 1 fully saturated rings. The number of anilines is 1. The van der Waals surface area contributed by atoms with Crippen LogP contribution < -0.4 is 15.4 Å². The van der Waals surface area contributed by atoms with E-state index in [1.54, 1.807) is 12.1 Å². The molecule has 2 N–H and O–H groups in total. The van der Waals surface area contributed by atoms with Crippen molar-refractivity contribution in [1.82, 2.24) is 0 Å². The van der Waals surface area contributed by atoms with Gasteiger partial charge in [0.25, 0.3) is 0 Å². The van der Waals surface area contributed by atoms with Crippen LogP contribution in [0, 0.1) is 0 Å². The number of hydrogen-bond donors (Lipinski definition) is 1. The second kappa shape index (κ2) is 6.35. The molecule has 3 nitrogen and oxygen atoms in total. The minimum atomic E-state index is -4.19. The molecule has 0 spiro atoms. The van der Waals surface area contributed by atoms with Crippen LogP contribution in [0.2, 0.25) is 0 Å². The SMILES string of the molecule is NC1CCN(c2ccccc2OCCC(F)(F)F)CC1. The van der Waals surface area contributed by atoms with Crippen LogP contribution in [0.1, 0.15) is 19.3 Å². The van der Waals surface area contributed by atoms with Crippen LogP contribution in [0.25, 0.3) is 0 Å². The van der Waals surface area contributed by atoms with Gasteiger partial charge in [-0.2, -0.15) is 13.2 Å². The number of nitrogens with zero attached hydrogens (tertiary/aromatic N) is 1. The van der Waals surface area contributed by atoms with Gasteiger partial charge in [0.2, 0.25) is 0 Å². The number of nitrogens with two attached hydrogens (primary N) is 1. The molecule has 1 saturated heterocycles.